The van der Waals surface area contributed by atoms with Gasteiger partial charge in [0.05, 0.1) is 6.04 Å². The maximum atomic E-state index is 13.0. The third-order valence-corrected chi connectivity index (χ3v) is 7.60. The number of aromatic nitrogens is 1. The molecule has 148 valence electrons. The first-order valence-corrected chi connectivity index (χ1v) is 10.9. The Bertz CT molecular complexity index is 897. The molecule has 0 amide bonds. The number of carbonyl (C=O) groups excluding carboxylic acids is 1. The molecular formula is C19H28N4O3S. The standard InChI is InChI=1S/C19H28N4O3S/c1-4-22(5-2)27(25,26)23-12-10-21(11-13-23)15(3)19(24)17-14-20-18-9-7-6-8-16(17)18/h6-9,14-15,20H,4-5,10-13H2,1-3H3/t15-/m0/s1. The highest BCUT2D eigenvalue weighted by Gasteiger charge is 2.33. The molecule has 1 aromatic heterocycles. The first-order chi connectivity index (χ1) is 12.9. The van der Waals surface area contributed by atoms with Gasteiger partial charge in [-0.25, -0.2) is 0 Å². The van der Waals surface area contributed by atoms with Crippen molar-refractivity contribution in [2.24, 2.45) is 0 Å². The summed E-state index contributed by atoms with van der Waals surface area (Å²) >= 11 is 0. The van der Waals surface area contributed by atoms with Crippen molar-refractivity contribution in [2.75, 3.05) is 39.3 Å². The van der Waals surface area contributed by atoms with Gasteiger partial charge in [-0.05, 0) is 13.0 Å². The third kappa shape index (κ3) is 3.80. The smallest absolute Gasteiger partial charge is 0.282 e. The van der Waals surface area contributed by atoms with Crippen molar-refractivity contribution in [3.8, 4) is 0 Å². The molecule has 2 aromatic rings. The van der Waals surface area contributed by atoms with E-state index in [4.69, 9.17) is 0 Å². The van der Waals surface area contributed by atoms with E-state index in [1.165, 1.54) is 8.61 Å². The lowest BCUT2D eigenvalue weighted by Gasteiger charge is -2.38. The number of benzene rings is 1. The zero-order valence-electron chi connectivity index (χ0n) is 16.2. The van der Waals surface area contributed by atoms with E-state index in [2.05, 4.69) is 9.88 Å². The Labute approximate surface area is 161 Å². The fourth-order valence-corrected chi connectivity index (χ4v) is 5.30. The highest BCUT2D eigenvalue weighted by Crippen LogP contribution is 2.21. The zero-order valence-corrected chi connectivity index (χ0v) is 17.0. The molecule has 1 aromatic carbocycles. The highest BCUT2D eigenvalue weighted by atomic mass is 32.2. The van der Waals surface area contributed by atoms with Gasteiger partial charge < -0.3 is 4.98 Å². The quantitative estimate of drug-likeness (QED) is 0.731. The normalized spacial score (nSPS) is 18.2. The average Bonchev–Trinajstić information content (AvgIpc) is 3.12. The second-order valence-corrected chi connectivity index (χ2v) is 8.74. The number of nitrogens with zero attached hydrogens (tertiary/aromatic N) is 3. The van der Waals surface area contributed by atoms with Crippen LogP contribution < -0.4 is 0 Å². The van der Waals surface area contributed by atoms with Crippen LogP contribution in [0.1, 0.15) is 31.1 Å². The molecular weight excluding hydrogens is 364 g/mol. The maximum Gasteiger partial charge on any atom is 0.282 e. The summed E-state index contributed by atoms with van der Waals surface area (Å²) in [4.78, 5) is 18.2. The van der Waals surface area contributed by atoms with Crippen LogP contribution in [0.5, 0.6) is 0 Å². The molecule has 2 heterocycles. The Morgan fingerprint density at radius 2 is 1.78 bits per heavy atom. The summed E-state index contributed by atoms with van der Waals surface area (Å²) in [6.45, 7) is 8.44. The largest absolute Gasteiger partial charge is 0.360 e. The topological polar surface area (TPSA) is 76.7 Å². The number of hydrogen-bond acceptors (Lipinski definition) is 4. The molecule has 0 unspecified atom stereocenters. The summed E-state index contributed by atoms with van der Waals surface area (Å²) in [5.74, 6) is 0.0625. The zero-order chi connectivity index (χ0) is 19.6. The number of Topliss-reactive ketones (excluding diaryl/α,β-unsaturated/α-hetero) is 1. The van der Waals surface area contributed by atoms with E-state index < -0.39 is 10.2 Å². The molecule has 0 spiro atoms. The van der Waals surface area contributed by atoms with E-state index in [-0.39, 0.29) is 11.8 Å². The molecule has 1 aliphatic rings. The maximum absolute atomic E-state index is 13.0. The second-order valence-electron chi connectivity index (χ2n) is 6.82. The minimum Gasteiger partial charge on any atom is -0.360 e. The molecule has 0 bridgehead atoms. The van der Waals surface area contributed by atoms with Gasteiger partial charge in [0.1, 0.15) is 0 Å². The van der Waals surface area contributed by atoms with Gasteiger partial charge in [0.25, 0.3) is 10.2 Å². The Balaban J connectivity index is 1.68. The molecule has 27 heavy (non-hydrogen) atoms. The fraction of sp³-hybridized carbons (Fsp3) is 0.526. The summed E-state index contributed by atoms with van der Waals surface area (Å²) < 4.78 is 28.3. The van der Waals surface area contributed by atoms with Gasteiger partial charge >= 0.3 is 0 Å². The van der Waals surface area contributed by atoms with Crippen LogP contribution in [0.15, 0.2) is 30.5 Å². The summed E-state index contributed by atoms with van der Waals surface area (Å²) in [5, 5.41) is 0.928. The van der Waals surface area contributed by atoms with E-state index in [0.29, 0.717) is 44.8 Å². The lowest BCUT2D eigenvalue weighted by Crippen LogP contribution is -2.55. The van der Waals surface area contributed by atoms with Crippen molar-refractivity contribution in [2.45, 2.75) is 26.8 Å². The molecule has 0 radical (unpaired) electrons. The summed E-state index contributed by atoms with van der Waals surface area (Å²) in [7, 11) is -3.42. The number of aromatic amines is 1. The van der Waals surface area contributed by atoms with Crippen molar-refractivity contribution >= 4 is 26.9 Å². The Morgan fingerprint density at radius 1 is 1.15 bits per heavy atom. The molecule has 1 fully saturated rings. The van der Waals surface area contributed by atoms with Gasteiger partial charge in [-0.2, -0.15) is 17.0 Å². The molecule has 1 saturated heterocycles. The lowest BCUT2D eigenvalue weighted by atomic mass is 10.0. The van der Waals surface area contributed by atoms with Crippen LogP contribution in [-0.2, 0) is 10.2 Å². The highest BCUT2D eigenvalue weighted by molar-refractivity contribution is 7.86. The molecule has 0 saturated carbocycles. The summed E-state index contributed by atoms with van der Waals surface area (Å²) in [6, 6.07) is 7.47. The minimum absolute atomic E-state index is 0.0625. The summed E-state index contributed by atoms with van der Waals surface area (Å²) in [6.07, 6.45) is 1.77. The fourth-order valence-electron chi connectivity index (χ4n) is 3.70. The van der Waals surface area contributed by atoms with E-state index in [0.717, 1.165) is 10.9 Å². The molecule has 3 rings (SSSR count). The van der Waals surface area contributed by atoms with Crippen LogP contribution in [0, 0.1) is 0 Å². The van der Waals surface area contributed by atoms with E-state index in [1.54, 1.807) is 6.20 Å². The Morgan fingerprint density at radius 3 is 2.41 bits per heavy atom. The van der Waals surface area contributed by atoms with Crippen molar-refractivity contribution < 1.29 is 13.2 Å². The van der Waals surface area contributed by atoms with Crippen molar-refractivity contribution in [1.29, 1.82) is 0 Å². The number of rotatable bonds is 7. The number of ketones is 1. The first kappa shape index (κ1) is 20.0. The first-order valence-electron chi connectivity index (χ1n) is 9.49. The van der Waals surface area contributed by atoms with Crippen molar-refractivity contribution in [3.63, 3.8) is 0 Å². The predicted molar refractivity (Wildman–Crippen MR) is 107 cm³/mol. The number of piperazine rings is 1. The van der Waals surface area contributed by atoms with Gasteiger partial charge in [0, 0.05) is 61.9 Å². The average molecular weight is 393 g/mol. The van der Waals surface area contributed by atoms with Gasteiger partial charge in [0.15, 0.2) is 5.78 Å². The molecule has 0 aliphatic carbocycles. The third-order valence-electron chi connectivity index (χ3n) is 5.41. The van der Waals surface area contributed by atoms with Crippen LogP contribution >= 0.6 is 0 Å². The Kier molecular flexibility index (Phi) is 6.00. The lowest BCUT2D eigenvalue weighted by molar-refractivity contribution is 0.0780. The van der Waals surface area contributed by atoms with Crippen LogP contribution in [-0.4, -0.2) is 78.0 Å². The van der Waals surface area contributed by atoms with E-state index in [1.807, 2.05) is 45.0 Å². The number of para-hydroxylation sites is 1. The van der Waals surface area contributed by atoms with Crippen molar-refractivity contribution in [1.82, 2.24) is 18.5 Å². The van der Waals surface area contributed by atoms with Crippen LogP contribution in [0.4, 0.5) is 0 Å². The molecule has 7 nitrogen and oxygen atoms in total. The number of fused-ring (bicyclic) bond motifs is 1. The van der Waals surface area contributed by atoms with Gasteiger partial charge in [0.2, 0.25) is 0 Å². The SMILES string of the molecule is CCN(CC)S(=O)(=O)N1CCN([C@@H](C)C(=O)c2c[nH]c3ccccc23)CC1. The number of H-pyrrole nitrogens is 1. The van der Waals surface area contributed by atoms with E-state index >= 15 is 0 Å². The van der Waals surface area contributed by atoms with E-state index in [9.17, 15) is 13.2 Å². The monoisotopic (exact) mass is 392 g/mol. The molecule has 1 atom stereocenters. The predicted octanol–water partition coefficient (Wildman–Crippen LogP) is 1.94. The van der Waals surface area contributed by atoms with Crippen LogP contribution in [0.25, 0.3) is 10.9 Å². The molecule has 1 aliphatic heterocycles. The minimum atomic E-state index is -3.42. The van der Waals surface area contributed by atoms with Gasteiger partial charge in [-0.3, -0.25) is 9.69 Å². The van der Waals surface area contributed by atoms with Gasteiger partial charge in [-0.15, -0.1) is 0 Å². The van der Waals surface area contributed by atoms with Gasteiger partial charge in [-0.1, -0.05) is 32.0 Å². The Hall–Kier alpha value is -1.74. The number of carbonyl (C=O) groups is 1. The van der Waals surface area contributed by atoms with Crippen LogP contribution in [0.2, 0.25) is 0 Å². The number of hydrogen-bond donors (Lipinski definition) is 1. The number of nitrogens with one attached hydrogen (secondary N) is 1. The van der Waals surface area contributed by atoms with Crippen LogP contribution in [0.3, 0.4) is 0 Å². The molecule has 1 N–H and O–H groups in total. The molecule has 8 heteroatoms. The van der Waals surface area contributed by atoms with Crippen molar-refractivity contribution in [3.05, 3.63) is 36.0 Å². The summed E-state index contributed by atoms with van der Waals surface area (Å²) in [5.41, 5.74) is 1.64. The second kappa shape index (κ2) is 8.10.